The third-order valence-electron chi connectivity index (χ3n) is 5.61. The number of nitrogens with two attached hydrogens (primary N) is 1. The van der Waals surface area contributed by atoms with Crippen LogP contribution in [0.25, 0.3) is 0 Å². The van der Waals surface area contributed by atoms with Crippen molar-refractivity contribution in [2.24, 2.45) is 5.73 Å². The standard InChI is InChI=1S/C14H25NO12/c1-3(17)12(15)9(22)5(18)4(2-16)27-14(12,26)13(25)10(23)7(20)6(19)8(21)11(13)24/h4-11,16,18-26H,2,15H2,1H3/t4-,5-,6?,7-,8+,9+,10-,11-,12-,13?,14+/m1/s1. The number of carbonyl (C=O) groups is 1. The molecule has 11 atom stereocenters. The average molecular weight is 399 g/mol. The summed E-state index contributed by atoms with van der Waals surface area (Å²) < 4.78 is 4.97. The van der Waals surface area contributed by atoms with Crippen molar-refractivity contribution in [3.63, 3.8) is 0 Å². The molecule has 0 aromatic carbocycles. The summed E-state index contributed by atoms with van der Waals surface area (Å²) >= 11 is 0. The van der Waals surface area contributed by atoms with Gasteiger partial charge in [0.2, 0.25) is 5.79 Å². The van der Waals surface area contributed by atoms with Gasteiger partial charge in [-0.1, -0.05) is 0 Å². The van der Waals surface area contributed by atoms with Crippen molar-refractivity contribution in [2.75, 3.05) is 6.61 Å². The van der Waals surface area contributed by atoms with Crippen LogP contribution in [0.4, 0.5) is 0 Å². The molecular formula is C14H25NO12. The van der Waals surface area contributed by atoms with E-state index in [-0.39, 0.29) is 0 Å². The van der Waals surface area contributed by atoms with Gasteiger partial charge in [0.15, 0.2) is 16.9 Å². The Bertz CT molecular complexity index is 574. The molecule has 1 heterocycles. The van der Waals surface area contributed by atoms with Gasteiger partial charge in [-0.25, -0.2) is 0 Å². The maximum Gasteiger partial charge on any atom is 0.229 e. The number of aliphatic hydroxyl groups excluding tert-OH is 8. The molecule has 2 fully saturated rings. The highest BCUT2D eigenvalue weighted by Crippen LogP contribution is 2.48. The van der Waals surface area contributed by atoms with Crippen LogP contribution in [0.1, 0.15) is 6.92 Å². The van der Waals surface area contributed by atoms with Gasteiger partial charge in [0.1, 0.15) is 48.8 Å². The SMILES string of the molecule is CC(=O)[C@@]1(N)[C@@H](O)[C@H](O)[C@@H](CO)O[C@]1(O)C1(O)[C@H](O)[C@H](O)C(O)[C@H](O)[C@H]1O. The van der Waals surface area contributed by atoms with Crippen molar-refractivity contribution in [3.05, 3.63) is 0 Å². The zero-order valence-electron chi connectivity index (χ0n) is 14.2. The molecule has 0 spiro atoms. The summed E-state index contributed by atoms with van der Waals surface area (Å²) in [7, 11) is 0. The fourth-order valence-corrected chi connectivity index (χ4v) is 3.75. The number of hydrogen-bond acceptors (Lipinski definition) is 13. The van der Waals surface area contributed by atoms with Crippen LogP contribution in [-0.4, -0.2) is 129 Å². The van der Waals surface area contributed by atoms with Crippen LogP contribution < -0.4 is 5.73 Å². The summed E-state index contributed by atoms with van der Waals surface area (Å²) in [6, 6.07) is 0. The van der Waals surface area contributed by atoms with E-state index in [1.807, 2.05) is 0 Å². The van der Waals surface area contributed by atoms with Crippen LogP contribution in [0.2, 0.25) is 0 Å². The van der Waals surface area contributed by atoms with Crippen LogP contribution >= 0.6 is 0 Å². The molecule has 0 aromatic heterocycles. The second-order valence-corrected chi connectivity index (χ2v) is 7.03. The van der Waals surface area contributed by atoms with Gasteiger partial charge in [-0.05, 0) is 6.92 Å². The summed E-state index contributed by atoms with van der Waals surface area (Å²) in [5, 5.41) is 102. The first-order chi connectivity index (χ1) is 12.2. The Morgan fingerprint density at radius 1 is 0.889 bits per heavy atom. The lowest BCUT2D eigenvalue weighted by molar-refractivity contribution is -0.431. The highest BCUT2D eigenvalue weighted by Gasteiger charge is 2.78. The Labute approximate surface area is 152 Å². The van der Waals surface area contributed by atoms with Crippen LogP contribution in [-0.2, 0) is 9.53 Å². The van der Waals surface area contributed by atoms with Crippen molar-refractivity contribution in [1.29, 1.82) is 0 Å². The quantitative estimate of drug-likeness (QED) is 0.211. The molecule has 27 heavy (non-hydrogen) atoms. The van der Waals surface area contributed by atoms with Gasteiger partial charge in [0.05, 0.1) is 6.61 Å². The Morgan fingerprint density at radius 2 is 1.33 bits per heavy atom. The summed E-state index contributed by atoms with van der Waals surface area (Å²) in [5.74, 6) is -4.92. The van der Waals surface area contributed by atoms with Crippen LogP contribution in [0.3, 0.4) is 0 Å². The van der Waals surface area contributed by atoms with Gasteiger partial charge < -0.3 is 61.5 Å². The molecule has 0 aromatic rings. The van der Waals surface area contributed by atoms with Crippen LogP contribution in [0, 0.1) is 0 Å². The van der Waals surface area contributed by atoms with Gasteiger partial charge >= 0.3 is 0 Å². The lowest BCUT2D eigenvalue weighted by atomic mass is 9.60. The van der Waals surface area contributed by atoms with Crippen molar-refractivity contribution in [1.82, 2.24) is 0 Å². The monoisotopic (exact) mass is 399 g/mol. The van der Waals surface area contributed by atoms with E-state index in [0.29, 0.717) is 0 Å². The molecule has 13 heteroatoms. The number of aliphatic hydroxyl groups is 10. The largest absolute Gasteiger partial charge is 0.394 e. The minimum absolute atomic E-state index is 0.732. The Kier molecular flexibility index (Phi) is 5.75. The lowest BCUT2D eigenvalue weighted by Gasteiger charge is -2.62. The Morgan fingerprint density at radius 3 is 1.70 bits per heavy atom. The molecule has 2 unspecified atom stereocenters. The maximum absolute atomic E-state index is 12.2. The van der Waals surface area contributed by atoms with E-state index < -0.39 is 78.1 Å². The van der Waals surface area contributed by atoms with E-state index in [2.05, 4.69) is 0 Å². The summed E-state index contributed by atoms with van der Waals surface area (Å²) in [4.78, 5) is 12.2. The number of rotatable bonds is 3. The Hall–Kier alpha value is -0.810. The van der Waals surface area contributed by atoms with Crippen LogP contribution in [0.5, 0.6) is 0 Å². The smallest absolute Gasteiger partial charge is 0.229 e. The normalized spacial score (nSPS) is 56.7. The molecule has 0 amide bonds. The molecule has 0 radical (unpaired) electrons. The topological polar surface area (TPSA) is 255 Å². The van der Waals surface area contributed by atoms with Gasteiger partial charge in [0.25, 0.3) is 0 Å². The molecule has 12 N–H and O–H groups in total. The predicted molar refractivity (Wildman–Crippen MR) is 81.5 cm³/mol. The first-order valence-electron chi connectivity index (χ1n) is 8.03. The highest BCUT2D eigenvalue weighted by atomic mass is 16.7. The van der Waals surface area contributed by atoms with E-state index >= 15 is 0 Å². The molecule has 0 bridgehead atoms. The van der Waals surface area contributed by atoms with Crippen molar-refractivity contribution >= 4 is 5.78 Å². The first-order valence-corrected chi connectivity index (χ1v) is 8.03. The van der Waals surface area contributed by atoms with E-state index in [4.69, 9.17) is 10.5 Å². The van der Waals surface area contributed by atoms with Crippen LogP contribution in [0.15, 0.2) is 0 Å². The molecule has 1 aliphatic heterocycles. The maximum atomic E-state index is 12.2. The van der Waals surface area contributed by atoms with Gasteiger partial charge in [0, 0.05) is 0 Å². The third-order valence-corrected chi connectivity index (χ3v) is 5.61. The third kappa shape index (κ3) is 2.60. The zero-order chi connectivity index (χ0) is 21.1. The zero-order valence-corrected chi connectivity index (χ0v) is 14.2. The number of carbonyl (C=O) groups excluding carboxylic acids is 1. The van der Waals surface area contributed by atoms with E-state index in [1.165, 1.54) is 0 Å². The number of ketones is 1. The average Bonchev–Trinajstić information content (AvgIpc) is 2.63. The van der Waals surface area contributed by atoms with Crippen molar-refractivity contribution in [2.45, 2.75) is 72.7 Å². The first kappa shape index (κ1) is 22.5. The summed E-state index contributed by atoms with van der Waals surface area (Å²) in [6.45, 7) is -0.333. The van der Waals surface area contributed by atoms with Gasteiger partial charge in [-0.2, -0.15) is 0 Å². The van der Waals surface area contributed by atoms with Crippen molar-refractivity contribution < 1.29 is 60.6 Å². The number of Topliss-reactive ketones (excluding diaryl/α,β-unsaturated/α-hetero) is 1. The molecule has 2 aliphatic rings. The van der Waals surface area contributed by atoms with Gasteiger partial charge in [-0.15, -0.1) is 0 Å². The highest BCUT2D eigenvalue weighted by molar-refractivity contribution is 5.88. The Balaban J connectivity index is 2.74. The van der Waals surface area contributed by atoms with E-state index in [0.717, 1.165) is 6.92 Å². The lowest BCUT2D eigenvalue weighted by Crippen LogP contribution is -2.91. The fraction of sp³-hybridized carbons (Fsp3) is 0.929. The predicted octanol–water partition coefficient (Wildman–Crippen LogP) is -7.38. The van der Waals surface area contributed by atoms with Gasteiger partial charge in [-0.3, -0.25) is 4.79 Å². The second-order valence-electron chi connectivity index (χ2n) is 7.03. The van der Waals surface area contributed by atoms with Crippen molar-refractivity contribution in [3.8, 4) is 0 Å². The van der Waals surface area contributed by atoms with E-state index in [1.54, 1.807) is 0 Å². The molecule has 2 rings (SSSR count). The second kappa shape index (κ2) is 6.91. The minimum atomic E-state index is -3.64. The molecule has 1 saturated heterocycles. The minimum Gasteiger partial charge on any atom is -0.394 e. The number of hydrogen-bond donors (Lipinski definition) is 11. The molecule has 13 nitrogen and oxygen atoms in total. The summed E-state index contributed by atoms with van der Waals surface area (Å²) in [6.07, 6.45) is -18.5. The van der Waals surface area contributed by atoms with E-state index in [9.17, 15) is 55.9 Å². The number of ether oxygens (including phenoxy) is 1. The molecule has 1 saturated carbocycles. The molecule has 158 valence electrons. The molecule has 1 aliphatic carbocycles. The molecular weight excluding hydrogens is 374 g/mol. The summed E-state index contributed by atoms with van der Waals surface area (Å²) in [5.41, 5.74) is -0.883. The fourth-order valence-electron chi connectivity index (χ4n) is 3.75.